The van der Waals surface area contributed by atoms with Crippen molar-refractivity contribution in [1.29, 1.82) is 73.7 Å². The molecule has 0 fully saturated rings. The topological polar surface area (TPSA) is 488 Å². The van der Waals surface area contributed by atoms with Gasteiger partial charge in [0.2, 0.25) is 0 Å². The molecule has 0 rings (SSSR count). The van der Waals surface area contributed by atoms with E-state index in [-0.39, 0.29) is 182 Å². The molecule has 109 heavy (non-hydrogen) atoms. The van der Waals surface area contributed by atoms with Crippen molar-refractivity contribution in [2.45, 2.75) is 172 Å². The van der Waals surface area contributed by atoms with Crippen molar-refractivity contribution in [2.24, 2.45) is 0 Å². The Kier molecular flexibility index (Phi) is 66.3. The number of nitriles is 14. The van der Waals surface area contributed by atoms with Gasteiger partial charge in [0.15, 0.2) is 23.7 Å². The number of ether oxygens (including phenoxy) is 8. The van der Waals surface area contributed by atoms with Crippen LogP contribution in [-0.2, 0) is 47.5 Å². The Morgan fingerprint density at radius 2 is 0.440 bits per heavy atom. The van der Waals surface area contributed by atoms with Crippen molar-refractivity contribution >= 4 is 11.8 Å². The van der Waals surface area contributed by atoms with Gasteiger partial charge < -0.3 is 82.8 Å². The summed E-state index contributed by atoms with van der Waals surface area (Å²) >= 11 is 0. The molecule has 33 heteroatoms. The SMILES string of the molecule is CCCOCC(COCCCN(CCC#N)CCC#N)(NC(=O)C(OCCCN(CCC#N)CCC#N)C(OCCCN(CCC#N)CCC#N)C(=O)NC(COCCCN(CCC#N)CCC#N)(COCCCN(CCC#N)CCC#N)OCCCN(CCC#N)CCC#N)OCCCN(CCC#N)CCC#N. The lowest BCUT2D eigenvalue weighted by molar-refractivity contribution is -0.186. The van der Waals surface area contributed by atoms with E-state index < -0.39 is 35.5 Å². The molecule has 33 nitrogen and oxygen atoms in total. The van der Waals surface area contributed by atoms with E-state index in [0.717, 1.165) is 0 Å². The zero-order valence-electron chi connectivity index (χ0n) is 64.5. The number of nitrogens with one attached hydrogen (secondary N) is 2. The lowest BCUT2D eigenvalue weighted by Crippen LogP contribution is -2.65. The molecule has 0 heterocycles. The number of carbonyl (C=O) groups is 2. The van der Waals surface area contributed by atoms with Crippen LogP contribution in [0, 0.1) is 159 Å². The van der Waals surface area contributed by atoms with Crippen LogP contribution >= 0.6 is 0 Å². The minimum absolute atomic E-state index is 0.0318. The van der Waals surface area contributed by atoms with Gasteiger partial charge in [-0.3, -0.25) is 9.59 Å². The highest BCUT2D eigenvalue weighted by molar-refractivity contribution is 5.91. The van der Waals surface area contributed by atoms with E-state index in [1.54, 1.807) is 0 Å². The molecular formula is C76H117N23O10. The number of hydrogen-bond acceptors (Lipinski definition) is 31. The van der Waals surface area contributed by atoms with Crippen LogP contribution in [0.5, 0.6) is 0 Å². The van der Waals surface area contributed by atoms with E-state index in [1.165, 1.54) is 0 Å². The van der Waals surface area contributed by atoms with Gasteiger partial charge in [-0.1, -0.05) is 6.92 Å². The maximum Gasteiger partial charge on any atom is 0.254 e. The summed E-state index contributed by atoms with van der Waals surface area (Å²) in [5.41, 5.74) is -3.75. The van der Waals surface area contributed by atoms with Crippen LogP contribution < -0.4 is 10.6 Å². The van der Waals surface area contributed by atoms with Gasteiger partial charge in [-0.25, -0.2) is 0 Å². The number of amides is 2. The van der Waals surface area contributed by atoms with Gasteiger partial charge in [0.25, 0.3) is 11.8 Å². The maximum atomic E-state index is 16.3. The Morgan fingerprint density at radius 3 is 0.624 bits per heavy atom. The number of carbonyl (C=O) groups excluding carboxylic acids is 2. The summed E-state index contributed by atoms with van der Waals surface area (Å²) in [5, 5.41) is 139. The molecule has 0 aliphatic carbocycles. The van der Waals surface area contributed by atoms with Crippen molar-refractivity contribution in [2.75, 3.05) is 217 Å². The summed E-state index contributed by atoms with van der Waals surface area (Å²) in [6.45, 7) is 8.40. The van der Waals surface area contributed by atoms with Gasteiger partial charge in [-0.15, -0.1) is 0 Å². The van der Waals surface area contributed by atoms with Crippen molar-refractivity contribution < 1.29 is 47.5 Å². The van der Waals surface area contributed by atoms with E-state index in [0.29, 0.717) is 176 Å². The molecule has 3 atom stereocenters. The Bertz CT molecular complexity index is 2860. The molecule has 0 spiro atoms. The lowest BCUT2D eigenvalue weighted by Gasteiger charge is -2.38. The van der Waals surface area contributed by atoms with Gasteiger partial charge in [0.05, 0.1) is 125 Å². The fourth-order valence-electron chi connectivity index (χ4n) is 11.3. The first kappa shape index (κ1) is 100. The van der Waals surface area contributed by atoms with Crippen LogP contribution in [-0.4, -0.2) is 286 Å². The van der Waals surface area contributed by atoms with Crippen LogP contribution in [0.25, 0.3) is 0 Å². The molecular weight excluding hydrogens is 1390 g/mol. The molecule has 2 N–H and O–H groups in total. The highest BCUT2D eigenvalue weighted by Gasteiger charge is 2.45. The normalized spacial score (nSPS) is 12.2. The van der Waals surface area contributed by atoms with Crippen LogP contribution in [0.15, 0.2) is 0 Å². The average molecular weight is 1510 g/mol. The van der Waals surface area contributed by atoms with Gasteiger partial charge in [-0.2, -0.15) is 73.7 Å². The third kappa shape index (κ3) is 53.6. The minimum atomic E-state index is -1.91. The van der Waals surface area contributed by atoms with E-state index in [1.807, 2.05) is 41.2 Å². The molecule has 0 aromatic rings. The molecule has 0 aromatic heterocycles. The molecule has 0 bridgehead atoms. The van der Waals surface area contributed by atoms with E-state index in [4.69, 9.17) is 37.9 Å². The summed E-state index contributed by atoms with van der Waals surface area (Å²) in [6, 6.07) is 30.1. The third-order valence-corrected chi connectivity index (χ3v) is 16.9. The lowest BCUT2D eigenvalue weighted by atomic mass is 10.1. The second-order valence-corrected chi connectivity index (χ2v) is 25.5. The standard InChI is InChI=1S/C76H117N23O10/c1-2-59-102-67-75(108-65-22-57-98(48-13-34-87)49-14-35-88,68-103-60-17-52-93(38-3-24-77)39-4-25-78)91-73(100)71(106-63-20-55-96(44-9-30-83)45-10-31-84)72(107-64-21-56-97(46-11-32-85)47-12-33-86)74(101)92-76(109-66-23-58-99(50-15-36-89)51-16-37-90,69-104-61-18-53-94(40-5-26-79)41-6-27-80)70-105-62-19-54-95(42-7-28-81)43-8-29-82/h71-72H,2-23,38-70H2,1H3,(H,91,100)(H,92,101). The van der Waals surface area contributed by atoms with Gasteiger partial charge >= 0.3 is 0 Å². The number of hydrogen-bond donors (Lipinski definition) is 2. The molecule has 596 valence electrons. The molecule has 0 saturated carbocycles. The van der Waals surface area contributed by atoms with Crippen molar-refractivity contribution in [1.82, 2.24) is 44.9 Å². The number of rotatable bonds is 75. The fraction of sp³-hybridized carbons (Fsp3) is 0.789. The first-order valence-electron chi connectivity index (χ1n) is 38.0. The van der Waals surface area contributed by atoms with Crippen LogP contribution in [0.3, 0.4) is 0 Å². The summed E-state index contributed by atoms with van der Waals surface area (Å²) in [4.78, 5) is 46.1. The smallest absolute Gasteiger partial charge is 0.254 e. The average Bonchev–Trinajstić information content (AvgIpc) is 0.813. The molecule has 2 amide bonds. The zero-order valence-corrected chi connectivity index (χ0v) is 64.5. The molecule has 0 saturated heterocycles. The Balaban J connectivity index is 8.96. The summed E-state index contributed by atoms with van der Waals surface area (Å²) < 4.78 is 52.8. The fourth-order valence-corrected chi connectivity index (χ4v) is 11.3. The first-order chi connectivity index (χ1) is 53.3. The summed E-state index contributed by atoms with van der Waals surface area (Å²) in [5.74, 6) is -1.87. The molecule has 0 aromatic carbocycles. The second kappa shape index (κ2) is 72.1. The number of nitrogens with zero attached hydrogens (tertiary/aromatic N) is 21. The molecule has 0 aliphatic heterocycles. The van der Waals surface area contributed by atoms with Crippen molar-refractivity contribution in [3.05, 3.63) is 0 Å². The first-order valence-corrected chi connectivity index (χ1v) is 38.0. The minimum Gasteiger partial charge on any atom is -0.376 e. The highest BCUT2D eigenvalue weighted by atomic mass is 16.6. The van der Waals surface area contributed by atoms with Gasteiger partial charge in [-0.05, 0) is 51.4 Å². The highest BCUT2D eigenvalue weighted by Crippen LogP contribution is 2.20. The maximum absolute atomic E-state index is 16.3. The quantitative estimate of drug-likeness (QED) is 0.0558. The molecule has 0 aliphatic rings. The van der Waals surface area contributed by atoms with Crippen LogP contribution in [0.2, 0.25) is 0 Å². The Labute approximate surface area is 648 Å². The second-order valence-electron chi connectivity index (χ2n) is 25.5. The molecule has 3 unspecified atom stereocenters. The van der Waals surface area contributed by atoms with Crippen molar-refractivity contribution in [3.63, 3.8) is 0 Å². The Hall–Kier alpha value is -8.80. The van der Waals surface area contributed by atoms with E-state index in [9.17, 15) is 73.7 Å². The van der Waals surface area contributed by atoms with E-state index in [2.05, 4.69) is 95.6 Å². The Morgan fingerprint density at radius 1 is 0.266 bits per heavy atom. The van der Waals surface area contributed by atoms with E-state index >= 15 is 9.59 Å². The van der Waals surface area contributed by atoms with Gasteiger partial charge in [0.1, 0.15) is 0 Å². The monoisotopic (exact) mass is 1510 g/mol. The predicted molar refractivity (Wildman–Crippen MR) is 397 cm³/mol. The van der Waals surface area contributed by atoms with Crippen LogP contribution in [0.1, 0.15) is 148 Å². The molecule has 0 radical (unpaired) electrons. The zero-order chi connectivity index (χ0) is 80.2. The third-order valence-electron chi connectivity index (χ3n) is 16.9. The summed E-state index contributed by atoms with van der Waals surface area (Å²) in [6.07, 6.45) is 1.87. The largest absolute Gasteiger partial charge is 0.376 e. The van der Waals surface area contributed by atoms with Gasteiger partial charge in [0, 0.05) is 267 Å². The summed E-state index contributed by atoms with van der Waals surface area (Å²) in [7, 11) is 0. The van der Waals surface area contributed by atoms with Crippen molar-refractivity contribution in [3.8, 4) is 85.0 Å². The van der Waals surface area contributed by atoms with Crippen LogP contribution in [0.4, 0.5) is 0 Å². The predicted octanol–water partition coefficient (Wildman–Crippen LogP) is 5.53.